The first-order chi connectivity index (χ1) is 12.2. The Kier molecular flexibility index (Phi) is 5.49. The van der Waals surface area contributed by atoms with Gasteiger partial charge in [-0.05, 0) is 52.8 Å². The van der Waals surface area contributed by atoms with E-state index in [0.29, 0.717) is 5.56 Å². The van der Waals surface area contributed by atoms with Crippen molar-refractivity contribution >= 4 is 16.7 Å². The van der Waals surface area contributed by atoms with Gasteiger partial charge < -0.3 is 5.73 Å². The number of unbranched alkanes of at least 4 members (excludes halogenated alkanes) is 2. The van der Waals surface area contributed by atoms with Crippen LogP contribution in [0.1, 0.15) is 53.2 Å². The highest BCUT2D eigenvalue weighted by Gasteiger charge is 2.10. The highest BCUT2D eigenvalue weighted by molar-refractivity contribution is 5.94. The Morgan fingerprint density at radius 1 is 0.880 bits per heavy atom. The minimum atomic E-state index is -0.351. The Hall–Kier alpha value is -2.61. The van der Waals surface area contributed by atoms with E-state index in [1.54, 1.807) is 0 Å². The van der Waals surface area contributed by atoms with Crippen LogP contribution in [0.4, 0.5) is 0 Å². The van der Waals surface area contributed by atoms with Crippen LogP contribution in [0.25, 0.3) is 10.8 Å². The van der Waals surface area contributed by atoms with Crippen LogP contribution in [0, 0.1) is 0 Å². The molecule has 2 nitrogen and oxygen atoms in total. The van der Waals surface area contributed by atoms with Crippen LogP contribution in [0.5, 0.6) is 0 Å². The van der Waals surface area contributed by atoms with Gasteiger partial charge in [-0.2, -0.15) is 0 Å². The quantitative estimate of drug-likeness (QED) is 0.589. The molecule has 0 unspecified atom stereocenters. The zero-order valence-corrected chi connectivity index (χ0v) is 14.8. The number of rotatable bonds is 7. The van der Waals surface area contributed by atoms with Gasteiger partial charge in [0.25, 0.3) is 0 Å². The lowest BCUT2D eigenvalue weighted by Crippen LogP contribution is -2.14. The minimum absolute atomic E-state index is 0.351. The maximum Gasteiger partial charge on any atom is 0.248 e. The second kappa shape index (κ2) is 7.98. The molecule has 0 heterocycles. The molecule has 0 saturated heterocycles. The van der Waals surface area contributed by atoms with Gasteiger partial charge >= 0.3 is 0 Å². The molecular formula is C23H25NO. The molecule has 0 bridgehead atoms. The molecule has 0 spiro atoms. The Bertz CT molecular complexity index is 882. The highest BCUT2D eigenvalue weighted by atomic mass is 16.1. The molecular weight excluding hydrogens is 306 g/mol. The summed E-state index contributed by atoms with van der Waals surface area (Å²) in [6.45, 7) is 2.21. The third-order valence-corrected chi connectivity index (χ3v) is 4.71. The lowest BCUT2D eigenvalue weighted by atomic mass is 9.94. The largest absolute Gasteiger partial charge is 0.366 e. The molecule has 0 atom stereocenters. The van der Waals surface area contributed by atoms with Crippen LogP contribution < -0.4 is 5.73 Å². The zero-order chi connectivity index (χ0) is 17.6. The number of carbonyl (C=O) groups is 1. The third kappa shape index (κ3) is 4.27. The van der Waals surface area contributed by atoms with Gasteiger partial charge in [0.15, 0.2) is 0 Å². The van der Waals surface area contributed by atoms with Crippen LogP contribution in [0.3, 0.4) is 0 Å². The number of aryl methyl sites for hydroxylation is 1. The van der Waals surface area contributed by atoms with Gasteiger partial charge in [0, 0.05) is 5.56 Å². The Balaban J connectivity index is 1.89. The number of carbonyl (C=O) groups excluding carboxylic acids is 1. The fourth-order valence-electron chi connectivity index (χ4n) is 3.34. The molecule has 2 N–H and O–H groups in total. The van der Waals surface area contributed by atoms with E-state index in [4.69, 9.17) is 5.73 Å². The summed E-state index contributed by atoms with van der Waals surface area (Å²) in [5, 5.41) is 2.45. The predicted molar refractivity (Wildman–Crippen MR) is 105 cm³/mol. The lowest BCUT2D eigenvalue weighted by Gasteiger charge is -2.11. The van der Waals surface area contributed by atoms with Crippen LogP contribution >= 0.6 is 0 Å². The van der Waals surface area contributed by atoms with Crippen molar-refractivity contribution < 1.29 is 4.79 Å². The maximum atomic E-state index is 11.8. The maximum absolute atomic E-state index is 11.8. The number of benzene rings is 3. The minimum Gasteiger partial charge on any atom is -0.366 e. The first-order valence-corrected chi connectivity index (χ1v) is 9.06. The van der Waals surface area contributed by atoms with Gasteiger partial charge in [-0.3, -0.25) is 4.79 Å². The lowest BCUT2D eigenvalue weighted by molar-refractivity contribution is 0.0999. The molecule has 0 aliphatic carbocycles. The summed E-state index contributed by atoms with van der Waals surface area (Å²) in [4.78, 5) is 11.8. The molecule has 3 rings (SSSR count). The van der Waals surface area contributed by atoms with E-state index in [0.717, 1.165) is 18.4 Å². The van der Waals surface area contributed by atoms with E-state index >= 15 is 0 Å². The molecule has 1 amide bonds. The number of fused-ring (bicyclic) bond motifs is 1. The average Bonchev–Trinajstić information content (AvgIpc) is 2.62. The summed E-state index contributed by atoms with van der Waals surface area (Å²) in [5.74, 6) is -0.351. The Morgan fingerprint density at radius 3 is 2.40 bits per heavy atom. The van der Waals surface area contributed by atoms with Crippen LogP contribution in [0.15, 0.2) is 60.7 Å². The standard InChI is InChI=1S/C23H25NO/c1-2-3-4-7-17-11-13-22(23(24)25)21(14-17)16-18-10-12-19-8-5-6-9-20(19)15-18/h5-6,8-15H,2-4,7,16H2,1H3,(H2,24,25). The highest BCUT2D eigenvalue weighted by Crippen LogP contribution is 2.21. The van der Waals surface area contributed by atoms with Crippen LogP contribution in [-0.4, -0.2) is 5.91 Å². The van der Waals surface area contributed by atoms with Gasteiger partial charge in [0.2, 0.25) is 5.91 Å². The van der Waals surface area contributed by atoms with Crippen molar-refractivity contribution in [3.05, 3.63) is 82.9 Å². The molecule has 128 valence electrons. The molecule has 25 heavy (non-hydrogen) atoms. The van der Waals surface area contributed by atoms with Gasteiger partial charge in [-0.25, -0.2) is 0 Å². The van der Waals surface area contributed by atoms with Gasteiger partial charge in [0.05, 0.1) is 0 Å². The summed E-state index contributed by atoms with van der Waals surface area (Å²) in [6.07, 6.45) is 5.41. The molecule has 3 aromatic carbocycles. The van der Waals surface area contributed by atoms with Crippen molar-refractivity contribution in [2.24, 2.45) is 5.73 Å². The second-order valence-corrected chi connectivity index (χ2v) is 6.67. The van der Waals surface area contributed by atoms with Crippen molar-refractivity contribution in [2.45, 2.75) is 39.0 Å². The van der Waals surface area contributed by atoms with Gasteiger partial charge in [0.1, 0.15) is 0 Å². The van der Waals surface area contributed by atoms with Crippen LogP contribution in [-0.2, 0) is 12.8 Å². The smallest absolute Gasteiger partial charge is 0.248 e. The van der Waals surface area contributed by atoms with E-state index in [9.17, 15) is 4.79 Å². The van der Waals surface area contributed by atoms with Crippen molar-refractivity contribution in [3.63, 3.8) is 0 Å². The molecule has 2 heteroatoms. The molecule has 0 aliphatic heterocycles. The Labute approximate surface area is 149 Å². The summed E-state index contributed by atoms with van der Waals surface area (Å²) >= 11 is 0. The number of hydrogen-bond donors (Lipinski definition) is 1. The first-order valence-electron chi connectivity index (χ1n) is 9.06. The monoisotopic (exact) mass is 331 g/mol. The summed E-state index contributed by atoms with van der Waals surface area (Å²) in [7, 11) is 0. The molecule has 0 radical (unpaired) electrons. The predicted octanol–water partition coefficient (Wildman–Crippen LogP) is 5.26. The number of hydrogen-bond acceptors (Lipinski definition) is 1. The topological polar surface area (TPSA) is 43.1 Å². The molecule has 3 aromatic rings. The van der Waals surface area contributed by atoms with E-state index in [1.165, 1.54) is 41.2 Å². The third-order valence-electron chi connectivity index (χ3n) is 4.71. The SMILES string of the molecule is CCCCCc1ccc(C(N)=O)c(Cc2ccc3ccccc3c2)c1. The fraction of sp³-hybridized carbons (Fsp3) is 0.261. The second-order valence-electron chi connectivity index (χ2n) is 6.67. The summed E-state index contributed by atoms with van der Waals surface area (Å²) < 4.78 is 0. The number of amides is 1. The van der Waals surface area contributed by atoms with Crippen molar-refractivity contribution in [2.75, 3.05) is 0 Å². The summed E-state index contributed by atoms with van der Waals surface area (Å²) in [5.41, 5.74) is 9.74. The number of nitrogens with two attached hydrogens (primary N) is 1. The van der Waals surface area contributed by atoms with Crippen molar-refractivity contribution in [3.8, 4) is 0 Å². The molecule has 0 aliphatic rings. The van der Waals surface area contributed by atoms with Gasteiger partial charge in [-0.1, -0.05) is 74.4 Å². The van der Waals surface area contributed by atoms with Gasteiger partial charge in [-0.15, -0.1) is 0 Å². The average molecular weight is 331 g/mol. The number of primary amides is 1. The van der Waals surface area contributed by atoms with E-state index in [1.807, 2.05) is 18.2 Å². The van der Waals surface area contributed by atoms with E-state index in [2.05, 4.69) is 49.4 Å². The normalized spacial score (nSPS) is 10.9. The first kappa shape index (κ1) is 17.2. The van der Waals surface area contributed by atoms with Crippen LogP contribution in [0.2, 0.25) is 0 Å². The molecule has 0 saturated carbocycles. The molecule has 0 aromatic heterocycles. The van der Waals surface area contributed by atoms with E-state index in [-0.39, 0.29) is 5.91 Å². The zero-order valence-electron chi connectivity index (χ0n) is 14.8. The van der Waals surface area contributed by atoms with Crippen molar-refractivity contribution in [1.29, 1.82) is 0 Å². The van der Waals surface area contributed by atoms with E-state index < -0.39 is 0 Å². The van der Waals surface area contributed by atoms with Crippen molar-refractivity contribution in [1.82, 2.24) is 0 Å². The molecule has 0 fully saturated rings. The summed E-state index contributed by atoms with van der Waals surface area (Å²) in [6, 6.07) is 20.9. The Morgan fingerprint density at radius 2 is 1.64 bits per heavy atom. The fourth-order valence-corrected chi connectivity index (χ4v) is 3.34.